The summed E-state index contributed by atoms with van der Waals surface area (Å²) in [5.41, 5.74) is 0.799. The van der Waals surface area contributed by atoms with E-state index in [0.717, 1.165) is 21.0 Å². The number of halogens is 1. The van der Waals surface area contributed by atoms with Crippen LogP contribution in [0.2, 0.25) is 5.02 Å². The number of aliphatic carboxylic acids is 1. The summed E-state index contributed by atoms with van der Waals surface area (Å²) in [5, 5.41) is 11.0. The first kappa shape index (κ1) is 27.6. The zero-order valence-corrected chi connectivity index (χ0v) is 23.0. The van der Waals surface area contributed by atoms with E-state index in [2.05, 4.69) is 9.72 Å². The zero-order valence-electron chi connectivity index (χ0n) is 21.5. The van der Waals surface area contributed by atoms with Crippen LogP contribution >= 0.6 is 11.6 Å². The Morgan fingerprint density at radius 3 is 2.27 bits per heavy atom. The number of carbonyl (C=O) groups excluding carboxylic acids is 1. The molecule has 4 aromatic rings. The van der Waals surface area contributed by atoms with Gasteiger partial charge in [-0.15, -0.1) is 0 Å². The van der Waals surface area contributed by atoms with E-state index in [1.165, 1.54) is 36.3 Å². The second-order valence-electron chi connectivity index (χ2n) is 9.49. The summed E-state index contributed by atoms with van der Waals surface area (Å²) in [6.07, 6.45) is 2.95. The van der Waals surface area contributed by atoms with Crippen LogP contribution in [0.3, 0.4) is 0 Å². The van der Waals surface area contributed by atoms with Gasteiger partial charge in [0.25, 0.3) is 0 Å². The summed E-state index contributed by atoms with van der Waals surface area (Å²) in [6, 6.07) is 22.5. The van der Waals surface area contributed by atoms with Crippen LogP contribution < -0.4 is 0 Å². The SMILES string of the molecule is COC(=O)c1cn(CCN([C@]2(C(=O)O)C[C@@H]2c2ccccc2)S(=O)(=O)c2ccc(-c3ccc(Cl)cc3)cc2)cn1. The molecule has 40 heavy (non-hydrogen) atoms. The van der Waals surface area contributed by atoms with Gasteiger partial charge in [0.05, 0.1) is 18.3 Å². The molecular formula is C29H26ClN3O6S. The molecule has 0 aliphatic heterocycles. The summed E-state index contributed by atoms with van der Waals surface area (Å²) < 4.78 is 35.5. The Hall–Kier alpha value is -3.99. The van der Waals surface area contributed by atoms with Crippen LogP contribution in [0.4, 0.5) is 0 Å². The quantitative estimate of drug-likeness (QED) is 0.271. The number of nitrogens with zero attached hydrogens (tertiary/aromatic N) is 3. The van der Waals surface area contributed by atoms with Crippen LogP contribution in [0.25, 0.3) is 11.1 Å². The molecule has 0 radical (unpaired) electrons. The van der Waals surface area contributed by atoms with E-state index in [1.807, 2.05) is 18.2 Å². The molecule has 3 aromatic carbocycles. The normalized spacial score (nSPS) is 18.4. The number of carboxylic acids is 1. The van der Waals surface area contributed by atoms with E-state index in [0.29, 0.717) is 5.02 Å². The maximum Gasteiger partial charge on any atom is 0.358 e. The summed E-state index contributed by atoms with van der Waals surface area (Å²) >= 11 is 5.99. The van der Waals surface area contributed by atoms with E-state index < -0.39 is 33.4 Å². The minimum absolute atomic E-state index is 0.0227. The van der Waals surface area contributed by atoms with Crippen molar-refractivity contribution in [3.05, 3.63) is 108 Å². The first-order valence-corrected chi connectivity index (χ1v) is 14.3. The average Bonchev–Trinajstić information content (AvgIpc) is 3.54. The fraction of sp³-hybridized carbons (Fsp3) is 0.207. The first-order chi connectivity index (χ1) is 19.2. The second-order valence-corrected chi connectivity index (χ2v) is 11.8. The highest BCUT2D eigenvalue weighted by Crippen LogP contribution is 2.57. The standard InChI is InChI=1S/C29H26ClN3O6S/c1-39-27(34)26-18-32(19-31-26)15-16-33(29(28(35)36)17-25(29)22-5-3-2-4-6-22)40(37,38)24-13-9-21(10-14-24)20-7-11-23(30)12-8-20/h2-14,18-19,25H,15-17H2,1H3,(H,35,36)/t25-,29-/m1/s1. The molecule has 0 spiro atoms. The maximum absolute atomic E-state index is 14.1. The van der Waals surface area contributed by atoms with Gasteiger partial charge < -0.3 is 14.4 Å². The van der Waals surface area contributed by atoms with Crippen molar-refractivity contribution in [2.75, 3.05) is 13.7 Å². The topological polar surface area (TPSA) is 119 Å². The molecular weight excluding hydrogens is 554 g/mol. The highest BCUT2D eigenvalue weighted by atomic mass is 35.5. The van der Waals surface area contributed by atoms with Gasteiger partial charge >= 0.3 is 11.9 Å². The third kappa shape index (κ3) is 5.13. The number of aromatic nitrogens is 2. The Morgan fingerprint density at radius 2 is 1.68 bits per heavy atom. The number of ether oxygens (including phenoxy) is 1. The van der Waals surface area contributed by atoms with E-state index in [9.17, 15) is 23.1 Å². The van der Waals surface area contributed by atoms with Gasteiger partial charge in [0, 0.05) is 30.2 Å². The lowest BCUT2D eigenvalue weighted by Crippen LogP contribution is -2.49. The summed E-state index contributed by atoms with van der Waals surface area (Å²) in [4.78, 5) is 28.6. The Labute approximate surface area is 236 Å². The number of hydrogen-bond donors (Lipinski definition) is 1. The fourth-order valence-electron chi connectivity index (χ4n) is 4.97. The molecule has 2 atom stereocenters. The summed E-state index contributed by atoms with van der Waals surface area (Å²) in [6.45, 7) is -0.0868. The van der Waals surface area contributed by atoms with Crippen molar-refractivity contribution >= 4 is 33.6 Å². The van der Waals surface area contributed by atoms with Crippen molar-refractivity contribution in [2.45, 2.75) is 29.3 Å². The Kier molecular flexibility index (Phi) is 7.50. The van der Waals surface area contributed by atoms with E-state index in [-0.39, 0.29) is 30.1 Å². The molecule has 1 saturated carbocycles. The third-order valence-electron chi connectivity index (χ3n) is 7.16. The van der Waals surface area contributed by atoms with Crippen molar-refractivity contribution in [3.8, 4) is 11.1 Å². The number of imidazole rings is 1. The molecule has 1 aromatic heterocycles. The predicted molar refractivity (Wildman–Crippen MR) is 149 cm³/mol. The lowest BCUT2D eigenvalue weighted by Gasteiger charge is -2.29. The molecule has 206 valence electrons. The van der Waals surface area contributed by atoms with Crippen LogP contribution in [-0.2, 0) is 26.1 Å². The molecule has 0 unspecified atom stereocenters. The van der Waals surface area contributed by atoms with Crippen molar-refractivity contribution in [3.63, 3.8) is 0 Å². The van der Waals surface area contributed by atoms with Gasteiger partial charge in [-0.05, 0) is 47.4 Å². The van der Waals surface area contributed by atoms with Crippen LogP contribution in [0.5, 0.6) is 0 Å². The number of esters is 1. The number of carbonyl (C=O) groups is 2. The van der Waals surface area contributed by atoms with Gasteiger partial charge in [-0.3, -0.25) is 4.79 Å². The van der Waals surface area contributed by atoms with Crippen molar-refractivity contribution in [1.29, 1.82) is 0 Å². The fourth-order valence-corrected chi connectivity index (χ4v) is 6.86. The van der Waals surface area contributed by atoms with E-state index >= 15 is 0 Å². The minimum Gasteiger partial charge on any atom is -0.480 e. The van der Waals surface area contributed by atoms with Crippen molar-refractivity contribution in [1.82, 2.24) is 13.9 Å². The molecule has 1 N–H and O–H groups in total. The van der Waals surface area contributed by atoms with Gasteiger partial charge in [0.2, 0.25) is 10.0 Å². The summed E-state index contributed by atoms with van der Waals surface area (Å²) in [7, 11) is -3.03. The number of benzene rings is 3. The zero-order chi connectivity index (χ0) is 28.5. The van der Waals surface area contributed by atoms with Gasteiger partial charge in [0.1, 0.15) is 5.54 Å². The Balaban J connectivity index is 1.50. The van der Waals surface area contributed by atoms with Crippen molar-refractivity contribution in [2.24, 2.45) is 0 Å². The molecule has 0 bridgehead atoms. The lowest BCUT2D eigenvalue weighted by atomic mass is 10.1. The Bertz CT molecular complexity index is 1640. The van der Waals surface area contributed by atoms with Crippen LogP contribution in [-0.4, -0.2) is 58.5 Å². The lowest BCUT2D eigenvalue weighted by molar-refractivity contribution is -0.143. The molecule has 1 fully saturated rings. The molecule has 1 aliphatic rings. The van der Waals surface area contributed by atoms with Crippen LogP contribution in [0.15, 0.2) is 96.3 Å². The number of methoxy groups -OCH3 is 1. The molecule has 5 rings (SSSR count). The van der Waals surface area contributed by atoms with Crippen LogP contribution in [0.1, 0.15) is 28.4 Å². The van der Waals surface area contributed by atoms with Crippen molar-refractivity contribution < 1.29 is 27.9 Å². The number of hydrogen-bond acceptors (Lipinski definition) is 6. The molecule has 1 aliphatic carbocycles. The van der Waals surface area contributed by atoms with Gasteiger partial charge in [0.15, 0.2) is 5.69 Å². The average molecular weight is 580 g/mol. The monoisotopic (exact) mass is 579 g/mol. The van der Waals surface area contributed by atoms with Gasteiger partial charge in [-0.1, -0.05) is 66.2 Å². The number of sulfonamides is 1. The van der Waals surface area contributed by atoms with Gasteiger partial charge in [-0.25, -0.2) is 18.2 Å². The predicted octanol–water partition coefficient (Wildman–Crippen LogP) is 4.69. The second kappa shape index (κ2) is 10.9. The van der Waals surface area contributed by atoms with E-state index in [1.54, 1.807) is 48.5 Å². The first-order valence-electron chi connectivity index (χ1n) is 12.4. The number of rotatable bonds is 10. The highest BCUT2D eigenvalue weighted by molar-refractivity contribution is 7.89. The highest BCUT2D eigenvalue weighted by Gasteiger charge is 2.67. The smallest absolute Gasteiger partial charge is 0.358 e. The molecule has 11 heteroatoms. The maximum atomic E-state index is 14.1. The summed E-state index contributed by atoms with van der Waals surface area (Å²) in [5.74, 6) is -2.37. The third-order valence-corrected chi connectivity index (χ3v) is 9.37. The van der Waals surface area contributed by atoms with E-state index in [4.69, 9.17) is 11.6 Å². The minimum atomic E-state index is -4.27. The van der Waals surface area contributed by atoms with Gasteiger partial charge in [-0.2, -0.15) is 4.31 Å². The molecule has 1 heterocycles. The number of carboxylic acid groups (broad SMARTS) is 1. The van der Waals surface area contributed by atoms with Crippen LogP contribution in [0, 0.1) is 0 Å². The molecule has 0 saturated heterocycles. The molecule has 0 amide bonds. The Morgan fingerprint density at radius 1 is 1.05 bits per heavy atom. The molecule has 9 nitrogen and oxygen atoms in total. The largest absolute Gasteiger partial charge is 0.480 e.